The van der Waals surface area contributed by atoms with Gasteiger partial charge >= 0.3 is 0 Å². The Kier molecular flexibility index (Phi) is 17.4. The molecule has 0 unspecified atom stereocenters. The van der Waals surface area contributed by atoms with Crippen LogP contribution >= 0.6 is 0 Å². The summed E-state index contributed by atoms with van der Waals surface area (Å²) in [4.78, 5) is 21.9. The molecule has 0 saturated carbocycles. The molecule has 3 aliphatic heterocycles. The van der Waals surface area contributed by atoms with E-state index in [0.717, 1.165) is 48.6 Å². The minimum atomic E-state index is -0.283. The maximum absolute atomic E-state index is 14.1. The van der Waals surface area contributed by atoms with E-state index in [1.807, 2.05) is 88.7 Å². The van der Waals surface area contributed by atoms with Crippen LogP contribution in [-0.4, -0.2) is 119 Å². The topological polar surface area (TPSA) is 169 Å². The number of hydrogen-bond acceptors (Lipinski definition) is 6. The number of aliphatic hydroxyl groups is 2. The van der Waals surface area contributed by atoms with E-state index >= 15 is 0 Å². The minimum absolute atomic E-state index is 0.245. The predicted octanol–water partition coefficient (Wildman–Crippen LogP) is 8.48. The highest BCUT2D eigenvalue weighted by Crippen LogP contribution is 2.34. The summed E-state index contributed by atoms with van der Waals surface area (Å²) >= 11 is 0. The molecule has 360 valence electrons. The van der Waals surface area contributed by atoms with Gasteiger partial charge in [-0.3, -0.25) is 0 Å². The maximum atomic E-state index is 14.1. The molecular weight excluding hydrogens is 878 g/mol. The number of piperidine rings is 2. The maximum Gasteiger partial charge on any atom is 0.196 e. The molecule has 0 amide bonds. The molecule has 15 heteroatoms. The molecule has 0 aromatic heterocycles. The van der Waals surface area contributed by atoms with Crippen molar-refractivity contribution in [3.05, 3.63) is 163 Å². The van der Waals surface area contributed by atoms with Crippen LogP contribution in [0.3, 0.4) is 0 Å². The lowest BCUT2D eigenvalue weighted by atomic mass is 10.0. The van der Waals surface area contributed by atoms with Gasteiger partial charge in [0.15, 0.2) is 17.9 Å². The number of benzene rings is 6. The molecule has 69 heavy (non-hydrogen) atoms. The number of nitrogens with two attached hydrogens (primary N) is 3. The lowest BCUT2D eigenvalue weighted by molar-refractivity contribution is 0.108. The molecule has 6 aromatic carbocycles. The van der Waals surface area contributed by atoms with Gasteiger partial charge in [-0.2, -0.15) is 0 Å². The van der Waals surface area contributed by atoms with Crippen LogP contribution in [0.25, 0.3) is 33.4 Å². The van der Waals surface area contributed by atoms with Crippen molar-refractivity contribution in [1.82, 2.24) is 19.6 Å². The van der Waals surface area contributed by atoms with Gasteiger partial charge in [-0.25, -0.2) is 28.1 Å². The molecular formula is C54H61F3N10O2. The van der Waals surface area contributed by atoms with Crippen molar-refractivity contribution in [1.29, 1.82) is 0 Å². The first-order valence-electron chi connectivity index (χ1n) is 23.3. The van der Waals surface area contributed by atoms with Gasteiger partial charge in [0.25, 0.3) is 0 Å². The van der Waals surface area contributed by atoms with Crippen molar-refractivity contribution in [2.45, 2.75) is 37.9 Å². The van der Waals surface area contributed by atoms with Gasteiger partial charge in [0.1, 0.15) is 17.5 Å². The Labute approximate surface area is 402 Å². The molecule has 3 aliphatic rings. The number of likely N-dealkylation sites (tertiary alicyclic amines) is 2. The number of nitrogens with zero attached hydrogens (tertiary/aromatic N) is 7. The van der Waals surface area contributed by atoms with E-state index in [-0.39, 0.29) is 29.7 Å². The standard InChI is InChI=1S/C18H21FN4.2C18H20FN3O/c1-22-10-12-23(13-11-22)18(20)21-17-9-5-3-7-15(17)14-6-2-4-8-16(14)19;19-16-7-3-1-5-14(16)15-6-2-4-8-17(15)21-18(20)22-11-9-13(23)10-12-22;19-14-7-5-13(6-8-14)16-3-1-2-4-17(16)21-18(20)22-11-9-15(23)10-12-22/h2-9H,10-13H2,1H3,(H2,20,21);1-8,13,23H,9-12H2,(H2,20,21);1-8,15,23H,9-12H2,(H2,20,21). The van der Waals surface area contributed by atoms with E-state index in [0.29, 0.717) is 97.8 Å². The van der Waals surface area contributed by atoms with Crippen LogP contribution in [0.4, 0.5) is 30.2 Å². The Morgan fingerprint density at radius 1 is 0.420 bits per heavy atom. The van der Waals surface area contributed by atoms with Crippen LogP contribution in [0.1, 0.15) is 25.7 Å². The van der Waals surface area contributed by atoms with E-state index in [1.165, 1.54) is 24.3 Å². The summed E-state index contributed by atoms with van der Waals surface area (Å²) in [6, 6.07) is 42.2. The average molecular weight is 939 g/mol. The van der Waals surface area contributed by atoms with Crippen molar-refractivity contribution >= 4 is 34.9 Å². The monoisotopic (exact) mass is 938 g/mol. The van der Waals surface area contributed by atoms with Crippen LogP contribution in [0.15, 0.2) is 161 Å². The number of piperazine rings is 1. The highest BCUT2D eigenvalue weighted by molar-refractivity contribution is 5.88. The van der Waals surface area contributed by atoms with Crippen LogP contribution in [0.5, 0.6) is 0 Å². The summed E-state index contributed by atoms with van der Waals surface area (Å²) in [5, 5.41) is 19.1. The molecule has 0 atom stereocenters. The number of para-hydroxylation sites is 3. The number of halogens is 3. The third-order valence-electron chi connectivity index (χ3n) is 12.3. The molecule has 9 rings (SSSR count). The molecule has 0 spiro atoms. The van der Waals surface area contributed by atoms with Crippen LogP contribution < -0.4 is 17.2 Å². The zero-order valence-corrected chi connectivity index (χ0v) is 38.9. The van der Waals surface area contributed by atoms with Crippen LogP contribution in [-0.2, 0) is 0 Å². The highest BCUT2D eigenvalue weighted by atomic mass is 19.1. The van der Waals surface area contributed by atoms with E-state index in [9.17, 15) is 23.4 Å². The molecule has 0 radical (unpaired) electrons. The van der Waals surface area contributed by atoms with Gasteiger partial charge < -0.3 is 47.0 Å². The second-order valence-electron chi connectivity index (χ2n) is 17.2. The molecule has 12 nitrogen and oxygen atoms in total. The van der Waals surface area contributed by atoms with Crippen molar-refractivity contribution in [3.63, 3.8) is 0 Å². The molecule has 3 saturated heterocycles. The Balaban J connectivity index is 0.000000153. The summed E-state index contributed by atoms with van der Waals surface area (Å²) < 4.78 is 41.3. The minimum Gasteiger partial charge on any atom is -0.393 e. The zero-order valence-electron chi connectivity index (χ0n) is 38.9. The lowest BCUT2D eigenvalue weighted by Gasteiger charge is -2.33. The van der Waals surface area contributed by atoms with Crippen LogP contribution in [0, 0.1) is 17.5 Å². The summed E-state index contributed by atoms with van der Waals surface area (Å²) in [5.41, 5.74) is 24.8. The second kappa shape index (κ2) is 24.2. The van der Waals surface area contributed by atoms with Crippen molar-refractivity contribution in [2.24, 2.45) is 32.2 Å². The summed E-state index contributed by atoms with van der Waals surface area (Å²) in [7, 11) is 2.10. The Hall–Kier alpha value is -7.20. The molecule has 8 N–H and O–H groups in total. The molecule has 3 heterocycles. The lowest BCUT2D eigenvalue weighted by Crippen LogP contribution is -2.49. The third kappa shape index (κ3) is 13.7. The van der Waals surface area contributed by atoms with Gasteiger partial charge in [-0.15, -0.1) is 0 Å². The first-order chi connectivity index (χ1) is 33.4. The summed E-state index contributed by atoms with van der Waals surface area (Å²) in [5.74, 6) is 0.540. The first-order valence-corrected chi connectivity index (χ1v) is 23.3. The molecule has 0 bridgehead atoms. The SMILES string of the molecule is CN1CCN(C(N)=Nc2ccccc2-c2ccccc2F)CC1.NC(=Nc1ccccc1-c1ccc(F)cc1)N1CCC(O)CC1.NC(=Nc1ccccc1-c1ccccc1F)N1CCC(O)CC1. The van der Waals surface area contributed by atoms with E-state index in [2.05, 4.69) is 31.8 Å². The third-order valence-corrected chi connectivity index (χ3v) is 12.3. The van der Waals surface area contributed by atoms with E-state index in [1.54, 1.807) is 42.5 Å². The quantitative estimate of drug-likeness (QED) is 0.0813. The predicted molar refractivity (Wildman–Crippen MR) is 272 cm³/mol. The van der Waals surface area contributed by atoms with Crippen LogP contribution in [0.2, 0.25) is 0 Å². The molecule has 6 aromatic rings. The fourth-order valence-electron chi connectivity index (χ4n) is 8.21. The van der Waals surface area contributed by atoms with Crippen molar-refractivity contribution in [3.8, 4) is 33.4 Å². The number of aliphatic imine (C=N–C) groups is 3. The van der Waals surface area contributed by atoms with Crippen molar-refractivity contribution in [2.75, 3.05) is 59.4 Å². The Morgan fingerprint density at radius 3 is 1.13 bits per heavy atom. The first kappa shape index (κ1) is 49.7. The van der Waals surface area contributed by atoms with Crippen molar-refractivity contribution < 1.29 is 23.4 Å². The number of hydrogen-bond donors (Lipinski definition) is 5. The highest BCUT2D eigenvalue weighted by Gasteiger charge is 2.21. The fraction of sp³-hybridized carbons (Fsp3) is 0.278. The summed E-state index contributed by atoms with van der Waals surface area (Å²) in [6.45, 7) is 6.40. The normalized spacial score (nSPS) is 16.6. The Bertz CT molecular complexity index is 2570. The number of likely N-dealkylation sites (N-methyl/N-ethyl adjacent to an activating group) is 1. The van der Waals surface area contributed by atoms with E-state index in [4.69, 9.17) is 17.2 Å². The molecule has 3 fully saturated rings. The Morgan fingerprint density at radius 2 is 0.739 bits per heavy atom. The van der Waals surface area contributed by atoms with Gasteiger partial charge in [-0.1, -0.05) is 103 Å². The zero-order chi connectivity index (χ0) is 48.7. The fourth-order valence-corrected chi connectivity index (χ4v) is 8.21. The van der Waals surface area contributed by atoms with Gasteiger partial charge in [0, 0.05) is 80.2 Å². The number of rotatable bonds is 6. The summed E-state index contributed by atoms with van der Waals surface area (Å²) in [6.07, 6.45) is 2.28. The number of aliphatic hydroxyl groups excluding tert-OH is 2. The molecule has 0 aliphatic carbocycles. The second-order valence-corrected chi connectivity index (χ2v) is 17.2. The van der Waals surface area contributed by atoms with E-state index < -0.39 is 0 Å². The largest absolute Gasteiger partial charge is 0.393 e. The van der Waals surface area contributed by atoms with Gasteiger partial charge in [0.05, 0.1) is 29.3 Å². The van der Waals surface area contributed by atoms with Gasteiger partial charge in [-0.05, 0) is 80.8 Å². The number of guanidine groups is 3. The van der Waals surface area contributed by atoms with Gasteiger partial charge in [0.2, 0.25) is 0 Å². The smallest absolute Gasteiger partial charge is 0.196 e. The average Bonchev–Trinajstić information content (AvgIpc) is 3.36.